The van der Waals surface area contributed by atoms with Crippen LogP contribution in [-0.2, 0) is 0 Å². The van der Waals surface area contributed by atoms with Gasteiger partial charge in [0.1, 0.15) is 0 Å². The number of pyridine rings is 1. The number of rotatable bonds is 1. The van der Waals surface area contributed by atoms with Gasteiger partial charge in [-0.3, -0.25) is 0 Å². The first kappa shape index (κ1) is 8.30. The molecular weight excluding hydrogens is 160 g/mol. The highest BCUT2D eigenvalue weighted by molar-refractivity contribution is 5.60. The Kier molecular flexibility index (Phi) is 1.83. The van der Waals surface area contributed by atoms with Crippen LogP contribution in [0, 0.1) is 6.92 Å². The molecule has 0 radical (unpaired) electrons. The van der Waals surface area contributed by atoms with Gasteiger partial charge in [0.15, 0.2) is 0 Å². The van der Waals surface area contributed by atoms with Crippen LogP contribution in [0.25, 0.3) is 5.52 Å². The van der Waals surface area contributed by atoms with Crippen molar-refractivity contribution < 1.29 is 0 Å². The predicted molar refractivity (Wildman–Crippen MR) is 54.0 cm³/mol. The van der Waals surface area contributed by atoms with Crippen LogP contribution in [-0.4, -0.2) is 9.61 Å². The molecule has 13 heavy (non-hydrogen) atoms. The first-order chi connectivity index (χ1) is 6.20. The first-order valence-corrected chi connectivity index (χ1v) is 4.63. The van der Waals surface area contributed by atoms with E-state index in [2.05, 4.69) is 31.9 Å². The maximum atomic E-state index is 4.32. The summed E-state index contributed by atoms with van der Waals surface area (Å²) in [5, 5.41) is 4.32. The molecular formula is C11H14N2. The minimum absolute atomic E-state index is 0.540. The molecule has 2 aromatic rings. The second kappa shape index (κ2) is 2.87. The zero-order valence-corrected chi connectivity index (χ0v) is 8.28. The molecule has 0 amide bonds. The third kappa shape index (κ3) is 1.22. The second-order valence-electron chi connectivity index (χ2n) is 3.74. The van der Waals surface area contributed by atoms with E-state index in [1.54, 1.807) is 0 Å². The van der Waals surface area contributed by atoms with Crippen LogP contribution >= 0.6 is 0 Å². The molecule has 0 fully saturated rings. The van der Waals surface area contributed by atoms with E-state index >= 15 is 0 Å². The largest absolute Gasteiger partial charge is 0.240 e. The van der Waals surface area contributed by atoms with Crippen molar-refractivity contribution in [2.75, 3.05) is 0 Å². The molecule has 2 nitrogen and oxygen atoms in total. The highest BCUT2D eigenvalue weighted by atomic mass is 15.2. The Labute approximate surface area is 78.2 Å². The average Bonchev–Trinajstić information content (AvgIpc) is 2.49. The topological polar surface area (TPSA) is 17.3 Å². The smallest absolute Gasteiger partial charge is 0.0725 e. The molecule has 0 aromatic carbocycles. The molecule has 68 valence electrons. The number of fused-ring (bicyclic) bond motifs is 1. The Bertz CT molecular complexity index is 427. The molecule has 0 aliphatic heterocycles. The quantitative estimate of drug-likeness (QED) is 0.649. The summed E-state index contributed by atoms with van der Waals surface area (Å²) in [4.78, 5) is 0. The van der Waals surface area contributed by atoms with Gasteiger partial charge < -0.3 is 0 Å². The van der Waals surface area contributed by atoms with Crippen molar-refractivity contribution in [1.82, 2.24) is 9.61 Å². The van der Waals surface area contributed by atoms with Gasteiger partial charge >= 0.3 is 0 Å². The van der Waals surface area contributed by atoms with Crippen LogP contribution in [0.4, 0.5) is 0 Å². The molecule has 0 unspecified atom stereocenters. The Morgan fingerprint density at radius 1 is 1.38 bits per heavy atom. The molecule has 2 heteroatoms. The molecule has 2 heterocycles. The van der Waals surface area contributed by atoms with Crippen molar-refractivity contribution in [1.29, 1.82) is 0 Å². The number of hydrogen-bond donors (Lipinski definition) is 0. The van der Waals surface area contributed by atoms with Crippen molar-refractivity contribution in [3.8, 4) is 0 Å². The van der Waals surface area contributed by atoms with E-state index in [1.807, 2.05) is 23.0 Å². The maximum absolute atomic E-state index is 4.32. The summed E-state index contributed by atoms with van der Waals surface area (Å²) in [6.07, 6.45) is 3.96. The summed E-state index contributed by atoms with van der Waals surface area (Å²) in [7, 11) is 0. The molecule has 0 spiro atoms. The molecule has 0 atom stereocenters. The molecule has 0 saturated carbocycles. The third-order valence-electron chi connectivity index (χ3n) is 2.39. The summed E-state index contributed by atoms with van der Waals surface area (Å²) < 4.78 is 1.95. The Balaban J connectivity index is 2.79. The maximum Gasteiger partial charge on any atom is 0.0725 e. The van der Waals surface area contributed by atoms with Crippen molar-refractivity contribution in [3.05, 3.63) is 35.7 Å². The van der Waals surface area contributed by atoms with Crippen LogP contribution in [0.3, 0.4) is 0 Å². The van der Waals surface area contributed by atoms with Crippen molar-refractivity contribution in [2.24, 2.45) is 0 Å². The first-order valence-electron chi connectivity index (χ1n) is 4.63. The minimum atomic E-state index is 0.540. The lowest BCUT2D eigenvalue weighted by Crippen LogP contribution is -1.91. The SMILES string of the molecule is Cc1cccn2ncc(C(C)C)c12. The van der Waals surface area contributed by atoms with Gasteiger partial charge in [-0.2, -0.15) is 5.10 Å². The highest BCUT2D eigenvalue weighted by Crippen LogP contribution is 2.22. The van der Waals surface area contributed by atoms with Crippen LogP contribution in [0.1, 0.15) is 30.9 Å². The number of aryl methyl sites for hydroxylation is 1. The number of nitrogens with zero attached hydrogens (tertiary/aromatic N) is 2. The monoisotopic (exact) mass is 174 g/mol. The highest BCUT2D eigenvalue weighted by Gasteiger charge is 2.08. The van der Waals surface area contributed by atoms with E-state index in [0.717, 1.165) is 0 Å². The number of hydrogen-bond acceptors (Lipinski definition) is 1. The van der Waals surface area contributed by atoms with Crippen molar-refractivity contribution in [3.63, 3.8) is 0 Å². The fourth-order valence-electron chi connectivity index (χ4n) is 1.67. The van der Waals surface area contributed by atoms with Crippen LogP contribution < -0.4 is 0 Å². The minimum Gasteiger partial charge on any atom is -0.240 e. The van der Waals surface area contributed by atoms with E-state index in [-0.39, 0.29) is 0 Å². The summed E-state index contributed by atoms with van der Waals surface area (Å²) in [6.45, 7) is 6.52. The van der Waals surface area contributed by atoms with Crippen LogP contribution in [0.15, 0.2) is 24.5 Å². The van der Waals surface area contributed by atoms with Gasteiger partial charge in [0.05, 0.1) is 11.7 Å². The lowest BCUT2D eigenvalue weighted by atomic mass is 10.0. The van der Waals surface area contributed by atoms with Gasteiger partial charge in [0.2, 0.25) is 0 Å². The van der Waals surface area contributed by atoms with E-state index in [0.29, 0.717) is 5.92 Å². The second-order valence-corrected chi connectivity index (χ2v) is 3.74. The summed E-state index contributed by atoms with van der Waals surface area (Å²) in [5.74, 6) is 0.540. The average molecular weight is 174 g/mol. The van der Waals surface area contributed by atoms with E-state index < -0.39 is 0 Å². The summed E-state index contributed by atoms with van der Waals surface area (Å²) >= 11 is 0. The lowest BCUT2D eigenvalue weighted by Gasteiger charge is -2.04. The summed E-state index contributed by atoms with van der Waals surface area (Å²) in [6, 6.07) is 4.16. The standard InChI is InChI=1S/C11H14N2/c1-8(2)10-7-12-13-6-4-5-9(3)11(10)13/h4-8H,1-3H3. The van der Waals surface area contributed by atoms with Crippen LogP contribution in [0.5, 0.6) is 0 Å². The van der Waals surface area contributed by atoms with E-state index in [1.165, 1.54) is 16.6 Å². The fraction of sp³-hybridized carbons (Fsp3) is 0.364. The van der Waals surface area contributed by atoms with E-state index in [9.17, 15) is 0 Å². The lowest BCUT2D eigenvalue weighted by molar-refractivity contribution is 0.875. The van der Waals surface area contributed by atoms with Gasteiger partial charge in [-0.25, -0.2) is 4.52 Å². The fourth-order valence-corrected chi connectivity index (χ4v) is 1.67. The predicted octanol–water partition coefficient (Wildman–Crippen LogP) is 2.77. The number of aromatic nitrogens is 2. The van der Waals surface area contributed by atoms with Crippen molar-refractivity contribution in [2.45, 2.75) is 26.7 Å². The normalized spacial score (nSPS) is 11.4. The van der Waals surface area contributed by atoms with Gasteiger partial charge in [0.25, 0.3) is 0 Å². The van der Waals surface area contributed by atoms with Gasteiger partial charge in [0, 0.05) is 11.8 Å². The zero-order valence-electron chi connectivity index (χ0n) is 8.28. The molecule has 2 rings (SSSR count). The van der Waals surface area contributed by atoms with E-state index in [4.69, 9.17) is 0 Å². The Morgan fingerprint density at radius 3 is 2.85 bits per heavy atom. The van der Waals surface area contributed by atoms with Gasteiger partial charge in [-0.05, 0) is 24.5 Å². The molecule has 0 saturated heterocycles. The van der Waals surface area contributed by atoms with Gasteiger partial charge in [-0.1, -0.05) is 19.9 Å². The van der Waals surface area contributed by atoms with Crippen molar-refractivity contribution >= 4 is 5.52 Å². The summed E-state index contributed by atoms with van der Waals surface area (Å²) in [5.41, 5.74) is 3.89. The van der Waals surface area contributed by atoms with Crippen LogP contribution in [0.2, 0.25) is 0 Å². The molecule has 0 bridgehead atoms. The third-order valence-corrected chi connectivity index (χ3v) is 2.39. The molecule has 0 aliphatic rings. The molecule has 0 aliphatic carbocycles. The zero-order chi connectivity index (χ0) is 9.42. The molecule has 0 N–H and O–H groups in total. The van der Waals surface area contributed by atoms with Gasteiger partial charge in [-0.15, -0.1) is 0 Å². The Morgan fingerprint density at radius 2 is 2.15 bits per heavy atom. The Hall–Kier alpha value is -1.31. The molecule has 2 aromatic heterocycles.